The Labute approximate surface area is 146 Å². The second kappa shape index (κ2) is 8.96. The Bertz CT molecular complexity index is 645. The van der Waals surface area contributed by atoms with Crippen molar-refractivity contribution in [2.45, 2.75) is 32.2 Å². The van der Waals surface area contributed by atoms with Gasteiger partial charge in [-0.05, 0) is 37.0 Å². The Hall–Kier alpha value is -2.70. The van der Waals surface area contributed by atoms with E-state index in [4.69, 9.17) is 5.11 Å². The lowest BCUT2D eigenvalue weighted by Crippen LogP contribution is -2.43. The van der Waals surface area contributed by atoms with Crippen molar-refractivity contribution in [3.8, 4) is 0 Å². The van der Waals surface area contributed by atoms with Crippen LogP contribution < -0.4 is 0 Å². The lowest BCUT2D eigenvalue weighted by atomic mass is 10.1. The molecule has 1 fully saturated rings. The molecule has 0 bridgehead atoms. The van der Waals surface area contributed by atoms with E-state index < -0.39 is 5.97 Å². The molecule has 2 rings (SSSR count). The minimum Gasteiger partial charge on any atom is -0.480 e. The molecule has 1 unspecified atom stereocenters. The SMILES string of the molecule is CC(=O)N(CC(=O)O)C1CCCN(C(=O)/C=C/c2cccnc2)CC1. The fourth-order valence-electron chi connectivity index (χ4n) is 3.00. The number of nitrogens with zero attached hydrogens (tertiary/aromatic N) is 3. The van der Waals surface area contributed by atoms with E-state index >= 15 is 0 Å². The van der Waals surface area contributed by atoms with Gasteiger partial charge in [-0.1, -0.05) is 6.07 Å². The highest BCUT2D eigenvalue weighted by atomic mass is 16.4. The molecule has 1 N–H and O–H groups in total. The fourth-order valence-corrected chi connectivity index (χ4v) is 3.00. The van der Waals surface area contributed by atoms with Gasteiger partial charge in [0.1, 0.15) is 6.54 Å². The second-order valence-corrected chi connectivity index (χ2v) is 6.07. The first-order chi connectivity index (χ1) is 12.0. The van der Waals surface area contributed by atoms with Gasteiger partial charge >= 0.3 is 5.97 Å². The minimum atomic E-state index is -1.02. The Morgan fingerprint density at radius 3 is 2.80 bits per heavy atom. The van der Waals surface area contributed by atoms with Gasteiger partial charge in [0.15, 0.2) is 0 Å². The minimum absolute atomic E-state index is 0.0860. The van der Waals surface area contributed by atoms with Crippen LogP contribution in [-0.4, -0.2) is 63.4 Å². The predicted molar refractivity (Wildman–Crippen MR) is 92.5 cm³/mol. The van der Waals surface area contributed by atoms with Crippen LogP contribution in [0.1, 0.15) is 31.7 Å². The molecule has 1 aliphatic rings. The molecule has 0 radical (unpaired) electrons. The lowest BCUT2D eigenvalue weighted by molar-refractivity contribution is -0.145. The van der Waals surface area contributed by atoms with Crippen molar-refractivity contribution in [3.63, 3.8) is 0 Å². The van der Waals surface area contributed by atoms with E-state index in [2.05, 4.69) is 4.98 Å². The maximum absolute atomic E-state index is 12.4. The summed E-state index contributed by atoms with van der Waals surface area (Å²) in [5.74, 6) is -1.35. The van der Waals surface area contributed by atoms with Crippen molar-refractivity contribution in [1.29, 1.82) is 0 Å². The summed E-state index contributed by atoms with van der Waals surface area (Å²) in [6, 6.07) is 3.53. The molecule has 7 heteroatoms. The first kappa shape index (κ1) is 18.6. The monoisotopic (exact) mass is 345 g/mol. The van der Waals surface area contributed by atoms with Crippen LogP contribution in [0.4, 0.5) is 0 Å². The summed E-state index contributed by atoms with van der Waals surface area (Å²) < 4.78 is 0. The number of carbonyl (C=O) groups excluding carboxylic acids is 2. The molecule has 1 aromatic rings. The molecular formula is C18H23N3O4. The third-order valence-corrected chi connectivity index (χ3v) is 4.26. The summed E-state index contributed by atoms with van der Waals surface area (Å²) in [5, 5.41) is 8.98. The van der Waals surface area contributed by atoms with Gasteiger partial charge in [0, 0.05) is 44.5 Å². The fraction of sp³-hybridized carbons (Fsp3) is 0.444. The van der Waals surface area contributed by atoms with E-state index in [1.807, 2.05) is 6.07 Å². The highest BCUT2D eigenvalue weighted by Gasteiger charge is 2.26. The van der Waals surface area contributed by atoms with Gasteiger partial charge in [0.2, 0.25) is 11.8 Å². The van der Waals surface area contributed by atoms with Gasteiger partial charge in [-0.3, -0.25) is 19.4 Å². The van der Waals surface area contributed by atoms with Crippen LogP contribution in [-0.2, 0) is 14.4 Å². The van der Waals surface area contributed by atoms with E-state index in [1.165, 1.54) is 17.9 Å². The molecule has 0 saturated carbocycles. The molecule has 0 spiro atoms. The molecule has 2 heterocycles. The van der Waals surface area contributed by atoms with Crippen molar-refractivity contribution in [3.05, 3.63) is 36.2 Å². The molecule has 25 heavy (non-hydrogen) atoms. The summed E-state index contributed by atoms with van der Waals surface area (Å²) in [4.78, 5) is 42.2. The van der Waals surface area contributed by atoms with Crippen LogP contribution >= 0.6 is 0 Å². The summed E-state index contributed by atoms with van der Waals surface area (Å²) in [6.07, 6.45) is 8.62. The number of hydrogen-bond donors (Lipinski definition) is 1. The van der Waals surface area contributed by atoms with Crippen LogP contribution in [0.2, 0.25) is 0 Å². The topological polar surface area (TPSA) is 90.8 Å². The number of rotatable bonds is 5. The van der Waals surface area contributed by atoms with Gasteiger partial charge in [0.25, 0.3) is 0 Å². The Morgan fingerprint density at radius 1 is 1.36 bits per heavy atom. The third-order valence-electron chi connectivity index (χ3n) is 4.26. The van der Waals surface area contributed by atoms with Gasteiger partial charge in [-0.15, -0.1) is 0 Å². The predicted octanol–water partition coefficient (Wildman–Crippen LogP) is 1.41. The summed E-state index contributed by atoms with van der Waals surface area (Å²) >= 11 is 0. The van der Waals surface area contributed by atoms with Crippen molar-refractivity contribution in [2.24, 2.45) is 0 Å². The molecule has 1 aromatic heterocycles. The Kier molecular flexibility index (Phi) is 6.68. The smallest absolute Gasteiger partial charge is 0.323 e. The maximum atomic E-state index is 12.4. The van der Waals surface area contributed by atoms with Crippen LogP contribution in [0.5, 0.6) is 0 Å². The first-order valence-electron chi connectivity index (χ1n) is 8.33. The van der Waals surface area contributed by atoms with Gasteiger partial charge in [-0.2, -0.15) is 0 Å². The Balaban J connectivity index is 1.96. The summed E-state index contributed by atoms with van der Waals surface area (Å²) in [6.45, 7) is 2.19. The van der Waals surface area contributed by atoms with E-state index in [9.17, 15) is 14.4 Å². The molecule has 1 atom stereocenters. The van der Waals surface area contributed by atoms with Crippen molar-refractivity contribution in [2.75, 3.05) is 19.6 Å². The number of carbonyl (C=O) groups is 3. The molecule has 134 valence electrons. The summed E-state index contributed by atoms with van der Waals surface area (Å²) in [5.41, 5.74) is 0.854. The number of carboxylic acids is 1. The number of carboxylic acid groups (broad SMARTS) is 1. The average molecular weight is 345 g/mol. The van der Waals surface area contributed by atoms with E-state index in [0.717, 1.165) is 12.0 Å². The number of pyridine rings is 1. The molecule has 1 saturated heterocycles. The zero-order chi connectivity index (χ0) is 18.2. The third kappa shape index (κ3) is 5.70. The second-order valence-electron chi connectivity index (χ2n) is 6.07. The molecule has 0 aliphatic carbocycles. The van der Waals surface area contributed by atoms with Crippen LogP contribution in [0.3, 0.4) is 0 Å². The number of aromatic nitrogens is 1. The largest absolute Gasteiger partial charge is 0.480 e. The van der Waals surface area contributed by atoms with E-state index in [-0.39, 0.29) is 24.4 Å². The first-order valence-corrected chi connectivity index (χ1v) is 8.33. The van der Waals surface area contributed by atoms with Crippen LogP contribution in [0.25, 0.3) is 6.08 Å². The number of hydrogen-bond acceptors (Lipinski definition) is 4. The number of likely N-dealkylation sites (tertiary alicyclic amines) is 1. The normalized spacial score (nSPS) is 18.0. The quantitative estimate of drug-likeness (QED) is 0.815. The van der Waals surface area contributed by atoms with Crippen molar-refractivity contribution >= 4 is 23.9 Å². The maximum Gasteiger partial charge on any atom is 0.323 e. The zero-order valence-corrected chi connectivity index (χ0v) is 14.3. The van der Waals surface area contributed by atoms with Crippen LogP contribution in [0.15, 0.2) is 30.6 Å². The van der Waals surface area contributed by atoms with Gasteiger partial charge < -0.3 is 14.9 Å². The highest BCUT2D eigenvalue weighted by molar-refractivity contribution is 5.91. The molecule has 0 aromatic carbocycles. The van der Waals surface area contributed by atoms with E-state index in [1.54, 1.807) is 29.4 Å². The molecular weight excluding hydrogens is 322 g/mol. The van der Waals surface area contributed by atoms with E-state index in [0.29, 0.717) is 25.9 Å². The van der Waals surface area contributed by atoms with Gasteiger partial charge in [0.05, 0.1) is 0 Å². The van der Waals surface area contributed by atoms with Crippen LogP contribution in [0, 0.1) is 0 Å². The zero-order valence-electron chi connectivity index (χ0n) is 14.3. The molecule has 2 amide bonds. The number of aliphatic carboxylic acids is 1. The molecule has 7 nitrogen and oxygen atoms in total. The highest BCUT2D eigenvalue weighted by Crippen LogP contribution is 2.17. The standard InChI is InChI=1S/C18H23N3O4/c1-14(22)21(13-18(24)25)16-5-3-10-20(11-8-16)17(23)7-6-15-4-2-9-19-12-15/h2,4,6-7,9,12,16H,3,5,8,10-11,13H2,1H3,(H,24,25)/b7-6+. The Morgan fingerprint density at radius 2 is 2.16 bits per heavy atom. The average Bonchev–Trinajstić information content (AvgIpc) is 2.84. The van der Waals surface area contributed by atoms with Crippen molar-refractivity contribution in [1.82, 2.24) is 14.8 Å². The van der Waals surface area contributed by atoms with Crippen molar-refractivity contribution < 1.29 is 19.5 Å². The summed E-state index contributed by atoms with van der Waals surface area (Å²) in [7, 11) is 0. The number of amides is 2. The van der Waals surface area contributed by atoms with Gasteiger partial charge in [-0.25, -0.2) is 0 Å². The molecule has 1 aliphatic heterocycles. The lowest BCUT2D eigenvalue weighted by Gasteiger charge is -2.28.